The minimum absolute atomic E-state index is 0.00183. The second kappa shape index (κ2) is 8.49. The van der Waals surface area contributed by atoms with Crippen molar-refractivity contribution in [3.8, 4) is 11.5 Å². The van der Waals surface area contributed by atoms with Crippen LogP contribution in [0.3, 0.4) is 0 Å². The van der Waals surface area contributed by atoms with Gasteiger partial charge in [0.2, 0.25) is 0 Å². The summed E-state index contributed by atoms with van der Waals surface area (Å²) in [6.45, 7) is 2.54. The maximum atomic E-state index is 12.9. The van der Waals surface area contributed by atoms with Crippen LogP contribution in [0.15, 0.2) is 42.5 Å². The van der Waals surface area contributed by atoms with Crippen molar-refractivity contribution < 1.29 is 13.9 Å². The van der Waals surface area contributed by atoms with Crippen molar-refractivity contribution in [2.24, 2.45) is 0 Å². The maximum absolute atomic E-state index is 12.9. The predicted octanol–water partition coefficient (Wildman–Crippen LogP) is 3.57. The molecule has 0 saturated heterocycles. The number of thiocarbonyl (C=S) groups is 1. The summed E-state index contributed by atoms with van der Waals surface area (Å²) in [6.07, 6.45) is 0. The smallest absolute Gasteiger partial charge is 0.167 e. The van der Waals surface area contributed by atoms with Crippen LogP contribution in [-0.4, -0.2) is 19.3 Å². The van der Waals surface area contributed by atoms with Gasteiger partial charge in [0.1, 0.15) is 5.82 Å². The van der Waals surface area contributed by atoms with Gasteiger partial charge in [-0.1, -0.05) is 18.2 Å². The first-order chi connectivity index (χ1) is 11.5. The molecule has 0 saturated carbocycles. The van der Waals surface area contributed by atoms with Crippen molar-refractivity contribution in [3.05, 3.63) is 59.4 Å². The van der Waals surface area contributed by atoms with E-state index in [0.29, 0.717) is 23.2 Å². The third-order valence-corrected chi connectivity index (χ3v) is 3.88. The lowest BCUT2D eigenvalue weighted by molar-refractivity contribution is 0.354. The highest BCUT2D eigenvalue weighted by atomic mass is 32.1. The summed E-state index contributed by atoms with van der Waals surface area (Å²) >= 11 is 5.31. The molecule has 4 nitrogen and oxygen atoms in total. The Morgan fingerprint density at radius 1 is 1.08 bits per heavy atom. The molecule has 6 heteroatoms. The molecule has 0 bridgehead atoms. The summed E-state index contributed by atoms with van der Waals surface area (Å²) in [6, 6.07) is 12.0. The SMILES string of the molecule is COc1ccc([C@H](C)NC(=S)NCc2ccc(F)cc2)cc1OC. The fourth-order valence-electron chi connectivity index (χ4n) is 2.24. The van der Waals surface area contributed by atoms with Crippen LogP contribution in [0.4, 0.5) is 4.39 Å². The van der Waals surface area contributed by atoms with E-state index in [1.807, 2.05) is 25.1 Å². The number of rotatable bonds is 6. The van der Waals surface area contributed by atoms with Gasteiger partial charge in [-0.25, -0.2) is 4.39 Å². The number of nitrogens with one attached hydrogen (secondary N) is 2. The van der Waals surface area contributed by atoms with Gasteiger partial charge in [0.05, 0.1) is 20.3 Å². The van der Waals surface area contributed by atoms with Crippen molar-refractivity contribution in [2.75, 3.05) is 14.2 Å². The lowest BCUT2D eigenvalue weighted by Gasteiger charge is -2.19. The Morgan fingerprint density at radius 3 is 2.38 bits per heavy atom. The van der Waals surface area contributed by atoms with Crippen LogP contribution < -0.4 is 20.1 Å². The highest BCUT2D eigenvalue weighted by Crippen LogP contribution is 2.29. The lowest BCUT2D eigenvalue weighted by atomic mass is 10.1. The molecule has 0 aliphatic rings. The van der Waals surface area contributed by atoms with Gasteiger partial charge in [-0.05, 0) is 54.5 Å². The fourth-order valence-corrected chi connectivity index (χ4v) is 2.49. The molecule has 2 aromatic rings. The number of hydrogen-bond donors (Lipinski definition) is 2. The highest BCUT2D eigenvalue weighted by Gasteiger charge is 2.11. The van der Waals surface area contributed by atoms with Crippen LogP contribution in [0.5, 0.6) is 11.5 Å². The third kappa shape index (κ3) is 4.83. The Bertz CT molecular complexity index is 692. The van der Waals surface area contributed by atoms with Crippen molar-refractivity contribution in [3.63, 3.8) is 0 Å². The van der Waals surface area contributed by atoms with E-state index in [0.717, 1.165) is 11.1 Å². The Morgan fingerprint density at radius 2 is 1.75 bits per heavy atom. The topological polar surface area (TPSA) is 42.5 Å². The highest BCUT2D eigenvalue weighted by molar-refractivity contribution is 7.80. The van der Waals surface area contributed by atoms with Gasteiger partial charge in [0.25, 0.3) is 0 Å². The molecule has 0 fully saturated rings. The molecule has 0 aliphatic heterocycles. The second-order valence-corrected chi connectivity index (χ2v) is 5.70. The molecule has 0 spiro atoms. The summed E-state index contributed by atoms with van der Waals surface area (Å²) in [7, 11) is 3.21. The van der Waals surface area contributed by atoms with E-state index < -0.39 is 0 Å². The molecule has 2 N–H and O–H groups in total. The Hall–Kier alpha value is -2.34. The maximum Gasteiger partial charge on any atom is 0.167 e. The fraction of sp³-hybridized carbons (Fsp3) is 0.278. The molecule has 0 amide bonds. The van der Waals surface area contributed by atoms with Gasteiger partial charge in [-0.2, -0.15) is 0 Å². The van der Waals surface area contributed by atoms with Crippen molar-refractivity contribution in [2.45, 2.75) is 19.5 Å². The number of ether oxygens (including phenoxy) is 2. The Labute approximate surface area is 147 Å². The molecule has 0 aliphatic carbocycles. The quantitative estimate of drug-likeness (QED) is 0.781. The zero-order valence-electron chi connectivity index (χ0n) is 13.9. The molecule has 2 aromatic carbocycles. The molecule has 1 atom stereocenters. The molecule has 0 unspecified atom stereocenters. The molecule has 128 valence electrons. The van der Waals surface area contributed by atoms with Crippen LogP contribution in [0, 0.1) is 5.82 Å². The predicted molar refractivity (Wildman–Crippen MR) is 96.9 cm³/mol. The molecular formula is C18H21FN2O2S. The number of benzene rings is 2. The van der Waals surface area contributed by atoms with Crippen LogP contribution in [0.1, 0.15) is 24.1 Å². The first kappa shape index (κ1) is 18.0. The largest absolute Gasteiger partial charge is 0.493 e. The zero-order chi connectivity index (χ0) is 17.5. The van der Waals surface area contributed by atoms with Gasteiger partial charge in [-0.3, -0.25) is 0 Å². The van der Waals surface area contributed by atoms with E-state index >= 15 is 0 Å². The van der Waals surface area contributed by atoms with E-state index in [1.165, 1.54) is 12.1 Å². The molecule has 0 heterocycles. The van der Waals surface area contributed by atoms with Crippen molar-refractivity contribution in [1.29, 1.82) is 0 Å². The van der Waals surface area contributed by atoms with Gasteiger partial charge < -0.3 is 20.1 Å². The second-order valence-electron chi connectivity index (χ2n) is 5.29. The average Bonchev–Trinajstić information content (AvgIpc) is 2.60. The van der Waals surface area contributed by atoms with Crippen LogP contribution in [0.2, 0.25) is 0 Å². The Kier molecular flexibility index (Phi) is 6.37. The number of hydrogen-bond acceptors (Lipinski definition) is 3. The minimum atomic E-state index is -0.249. The normalized spacial score (nSPS) is 11.5. The van der Waals surface area contributed by atoms with Crippen LogP contribution >= 0.6 is 12.2 Å². The first-order valence-corrected chi connectivity index (χ1v) is 7.95. The van der Waals surface area contributed by atoms with E-state index in [-0.39, 0.29) is 11.9 Å². The molecule has 24 heavy (non-hydrogen) atoms. The van der Waals surface area contributed by atoms with Gasteiger partial charge in [-0.15, -0.1) is 0 Å². The summed E-state index contributed by atoms with van der Waals surface area (Å²) in [5.74, 6) is 1.11. The number of methoxy groups -OCH3 is 2. The third-order valence-electron chi connectivity index (χ3n) is 3.62. The van der Waals surface area contributed by atoms with E-state index in [9.17, 15) is 4.39 Å². The van der Waals surface area contributed by atoms with Gasteiger partial charge >= 0.3 is 0 Å². The summed E-state index contributed by atoms with van der Waals surface area (Å²) in [5, 5.41) is 6.86. The first-order valence-electron chi connectivity index (χ1n) is 7.54. The average molecular weight is 348 g/mol. The molecule has 2 rings (SSSR count). The molecule has 0 aromatic heterocycles. The van der Waals surface area contributed by atoms with E-state index in [2.05, 4.69) is 10.6 Å². The minimum Gasteiger partial charge on any atom is -0.493 e. The van der Waals surface area contributed by atoms with E-state index in [4.69, 9.17) is 21.7 Å². The summed E-state index contributed by atoms with van der Waals surface area (Å²) in [5.41, 5.74) is 1.98. The van der Waals surface area contributed by atoms with Crippen LogP contribution in [0.25, 0.3) is 0 Å². The lowest BCUT2D eigenvalue weighted by Crippen LogP contribution is -2.36. The summed E-state index contributed by atoms with van der Waals surface area (Å²) in [4.78, 5) is 0. The summed E-state index contributed by atoms with van der Waals surface area (Å²) < 4.78 is 23.4. The Balaban J connectivity index is 1.92. The number of halogens is 1. The standard InChI is InChI=1S/C18H21FN2O2S/c1-12(14-6-9-16(22-2)17(10-14)23-3)21-18(24)20-11-13-4-7-15(19)8-5-13/h4-10,12H,11H2,1-3H3,(H2,20,21,24)/t12-/m0/s1. The van der Waals surface area contributed by atoms with E-state index in [1.54, 1.807) is 26.4 Å². The van der Waals surface area contributed by atoms with Crippen molar-refractivity contribution in [1.82, 2.24) is 10.6 Å². The van der Waals surface area contributed by atoms with Crippen LogP contribution in [-0.2, 0) is 6.54 Å². The van der Waals surface area contributed by atoms with Gasteiger partial charge in [0.15, 0.2) is 16.6 Å². The zero-order valence-corrected chi connectivity index (χ0v) is 14.7. The van der Waals surface area contributed by atoms with Gasteiger partial charge in [0, 0.05) is 6.54 Å². The molecule has 0 radical (unpaired) electrons. The monoisotopic (exact) mass is 348 g/mol. The van der Waals surface area contributed by atoms with Crippen molar-refractivity contribution >= 4 is 17.3 Å². The molecular weight excluding hydrogens is 327 g/mol.